The first kappa shape index (κ1) is 52.6. The fraction of sp³-hybridized carbons (Fsp3) is 0.458. The number of ether oxygens (including phenoxy) is 4. The van der Waals surface area contributed by atoms with Crippen LogP contribution in [-0.2, 0) is 45.3 Å². The van der Waals surface area contributed by atoms with E-state index in [0.29, 0.717) is 31.8 Å². The van der Waals surface area contributed by atoms with Gasteiger partial charge in [0.25, 0.3) is 0 Å². The van der Waals surface area contributed by atoms with E-state index < -0.39 is 24.7 Å². The summed E-state index contributed by atoms with van der Waals surface area (Å²) in [7, 11) is 0. The van der Waals surface area contributed by atoms with Crippen molar-refractivity contribution >= 4 is 34.8 Å². The molecule has 8 atom stereocenters. The molecular formula is C48H56IN8NaO8. The average Bonchev–Trinajstić information content (AvgIpc) is 4.28. The first-order valence-electron chi connectivity index (χ1n) is 22.0. The fourth-order valence-corrected chi connectivity index (χ4v) is 8.97. The summed E-state index contributed by atoms with van der Waals surface area (Å²) >= 11 is 2.24. The molecule has 2 N–H and O–H groups in total. The number of amides is 2. The molecule has 8 rings (SSSR count). The average molecular weight is 1020 g/mol. The van der Waals surface area contributed by atoms with E-state index >= 15 is 0 Å². The molecule has 2 saturated carbocycles. The van der Waals surface area contributed by atoms with Crippen molar-refractivity contribution in [3.8, 4) is 0 Å². The van der Waals surface area contributed by atoms with Crippen molar-refractivity contribution in [1.82, 2.24) is 9.80 Å². The number of carbonyl (C=O) groups excluding carboxylic acids is 2. The molecule has 0 radical (unpaired) electrons. The van der Waals surface area contributed by atoms with E-state index in [2.05, 4.69) is 32.6 Å². The van der Waals surface area contributed by atoms with Gasteiger partial charge in [0.05, 0.1) is 34.3 Å². The van der Waals surface area contributed by atoms with Gasteiger partial charge in [0.2, 0.25) is 0 Å². The number of hydrogen-bond acceptors (Lipinski definition) is 9. The van der Waals surface area contributed by atoms with Crippen LogP contribution in [0, 0.1) is 11.8 Å². The summed E-state index contributed by atoms with van der Waals surface area (Å²) in [5.41, 5.74) is 26.2. The molecule has 4 fully saturated rings. The van der Waals surface area contributed by atoms with Crippen LogP contribution < -0.4 is 29.6 Å². The Bertz CT molecular complexity index is 2150. The van der Waals surface area contributed by atoms with Gasteiger partial charge in [-0.2, -0.15) is 0 Å². The largest absolute Gasteiger partial charge is 1.00 e. The molecule has 2 amide bonds. The van der Waals surface area contributed by atoms with E-state index in [-0.39, 0.29) is 83.0 Å². The number of nitrogens with zero attached hydrogens (tertiary/aromatic N) is 8. The molecule has 344 valence electrons. The number of rotatable bonds is 15. The van der Waals surface area contributed by atoms with Gasteiger partial charge >= 0.3 is 41.7 Å². The van der Waals surface area contributed by atoms with Crippen molar-refractivity contribution < 1.29 is 68.3 Å². The topological polar surface area (TPSA) is 225 Å². The van der Waals surface area contributed by atoms with Crippen molar-refractivity contribution in [2.45, 2.75) is 125 Å². The Hall–Kier alpha value is -4.39. The van der Waals surface area contributed by atoms with Gasteiger partial charge in [0.1, 0.15) is 13.2 Å². The monoisotopic (exact) mass is 1020 g/mol. The molecule has 2 aliphatic heterocycles. The molecule has 0 spiro atoms. The Labute approximate surface area is 421 Å². The van der Waals surface area contributed by atoms with E-state index in [9.17, 15) is 19.8 Å². The van der Waals surface area contributed by atoms with Crippen LogP contribution in [0.3, 0.4) is 0 Å². The van der Waals surface area contributed by atoms with Crippen LogP contribution in [0.5, 0.6) is 0 Å². The van der Waals surface area contributed by atoms with Gasteiger partial charge in [-0.25, -0.2) is 9.59 Å². The third-order valence-electron chi connectivity index (χ3n) is 11.9. The Kier molecular flexibility index (Phi) is 21.9. The van der Waals surface area contributed by atoms with Gasteiger partial charge < -0.3 is 40.2 Å². The van der Waals surface area contributed by atoms with Crippen molar-refractivity contribution in [2.75, 3.05) is 0 Å². The third kappa shape index (κ3) is 16.1. The Morgan fingerprint density at radius 2 is 0.970 bits per heavy atom. The maximum atomic E-state index is 13.3. The predicted octanol–water partition coefficient (Wildman–Crippen LogP) is 7.56. The second-order valence-electron chi connectivity index (χ2n) is 16.6. The van der Waals surface area contributed by atoms with Gasteiger partial charge in [0.15, 0.2) is 12.6 Å². The van der Waals surface area contributed by atoms with E-state index in [4.69, 9.17) is 35.5 Å². The minimum absolute atomic E-state index is 0. The van der Waals surface area contributed by atoms with Crippen LogP contribution in [0.2, 0.25) is 0 Å². The molecule has 0 aromatic heterocycles. The van der Waals surface area contributed by atoms with Crippen molar-refractivity contribution in [2.24, 2.45) is 17.0 Å². The molecular weight excluding hydrogens is 966 g/mol. The van der Waals surface area contributed by atoms with Crippen LogP contribution >= 0.6 is 22.6 Å². The maximum Gasteiger partial charge on any atom is 1.00 e. The molecule has 4 aromatic carbocycles. The number of carbonyl (C=O) groups is 2. The summed E-state index contributed by atoms with van der Waals surface area (Å²) in [6, 6.07) is 38.2. The number of hydrogen-bond donors (Lipinski definition) is 2. The van der Waals surface area contributed by atoms with Crippen molar-refractivity contribution in [3.05, 3.63) is 170 Å². The Morgan fingerprint density at radius 3 is 1.32 bits per heavy atom. The SMILES string of the molecule is O=C(OCc1ccccc1)N(Cc1ccccc1)[C@@H](C1CC1)[C@@H]1CCC(I)C(O)O1.[N-]=[N+]=NC1CC[C@@H]([C@H](C2CC2)N(Cc2ccccc2)C(=O)OCc2ccccc2)OC1O.[N-]=[N+]=[N-].[Na+]. The summed E-state index contributed by atoms with van der Waals surface area (Å²) in [6.45, 7) is 1.30. The number of aliphatic hydroxyl groups excluding tert-OH is 2. The standard InChI is InChI=1S/C24H28INO4.C24H28N4O4.N3.Na/c25-20-13-14-21(30-23(20)27)22(19-11-12-19)26(15-17-7-3-1-4-8-17)24(28)29-16-18-9-5-2-6-10-18;25-27-26-20-13-14-21(32-23(20)29)22(19-11-12-19)28(15-17-7-3-1-4-8-17)24(30)31-16-18-9-5-2-6-10-18;1-3-2;/h1-10,19-23,27H,11-16H2;1-10,19-23,29H,11-16H2;;/q;;-1;+1/t2*20?,21-,22-,23?;;/m00../s1. The summed E-state index contributed by atoms with van der Waals surface area (Å²) < 4.78 is 23.4. The van der Waals surface area contributed by atoms with E-state index in [0.717, 1.165) is 60.8 Å². The van der Waals surface area contributed by atoms with E-state index in [1.807, 2.05) is 126 Å². The fourth-order valence-electron chi connectivity index (χ4n) is 8.44. The van der Waals surface area contributed by atoms with Gasteiger partial charge in [-0.15, -0.1) is 0 Å². The van der Waals surface area contributed by atoms with Crippen molar-refractivity contribution in [1.29, 1.82) is 0 Å². The molecule has 2 saturated heterocycles. The summed E-state index contributed by atoms with van der Waals surface area (Å²) in [4.78, 5) is 34.5. The molecule has 2 aliphatic carbocycles. The molecule has 66 heavy (non-hydrogen) atoms. The van der Waals surface area contributed by atoms with Gasteiger partial charge in [-0.3, -0.25) is 14.7 Å². The smallest absolute Gasteiger partial charge is 0.445 e. The number of alkyl halides is 1. The summed E-state index contributed by atoms with van der Waals surface area (Å²) in [6.07, 6.45) is 3.76. The van der Waals surface area contributed by atoms with Crippen LogP contribution in [0.15, 0.2) is 126 Å². The molecule has 4 unspecified atom stereocenters. The zero-order chi connectivity index (χ0) is 46.0. The molecule has 4 aromatic rings. The Morgan fingerprint density at radius 1 is 0.606 bits per heavy atom. The normalized spacial score (nSPS) is 22.8. The second-order valence-corrected chi connectivity index (χ2v) is 18.2. The molecule has 0 bridgehead atoms. The first-order chi connectivity index (χ1) is 31.7. The number of halogens is 1. The van der Waals surface area contributed by atoms with Crippen molar-refractivity contribution in [3.63, 3.8) is 0 Å². The van der Waals surface area contributed by atoms with Crippen LogP contribution in [0.25, 0.3) is 26.4 Å². The molecule has 18 heteroatoms. The summed E-state index contributed by atoms with van der Waals surface area (Å²) in [5, 5.41) is 24.3. The Balaban J connectivity index is 0.000000231. The zero-order valence-electron chi connectivity index (χ0n) is 37.1. The number of azide groups is 1. The predicted molar refractivity (Wildman–Crippen MR) is 251 cm³/mol. The van der Waals surface area contributed by atoms with Crippen LogP contribution in [0.4, 0.5) is 9.59 Å². The minimum atomic E-state index is -1.18. The second kappa shape index (κ2) is 27.4. The molecule has 4 aliphatic rings. The van der Waals surface area contributed by atoms with E-state index in [1.165, 1.54) is 4.91 Å². The minimum Gasteiger partial charge on any atom is -0.445 e. The molecule has 2 heterocycles. The maximum absolute atomic E-state index is 13.3. The number of aliphatic hydroxyl groups is 2. The van der Waals surface area contributed by atoms with Gasteiger partial charge in [-0.05, 0) is 91.0 Å². The summed E-state index contributed by atoms with van der Waals surface area (Å²) in [5.74, 6) is 0.678. The van der Waals surface area contributed by atoms with Gasteiger partial charge in [-0.1, -0.05) is 149 Å². The zero-order valence-corrected chi connectivity index (χ0v) is 41.3. The van der Waals surface area contributed by atoms with Gasteiger partial charge in [0, 0.05) is 18.0 Å². The van der Waals surface area contributed by atoms with E-state index in [1.54, 1.807) is 4.90 Å². The quantitative estimate of drug-likeness (QED) is 0.0301. The molecule has 16 nitrogen and oxygen atoms in total. The van der Waals surface area contributed by atoms with Crippen LogP contribution in [0.1, 0.15) is 73.6 Å². The van der Waals surface area contributed by atoms with Crippen LogP contribution in [-0.4, -0.2) is 79.0 Å². The third-order valence-corrected chi connectivity index (χ3v) is 13.1. The first-order valence-corrected chi connectivity index (χ1v) is 23.3. The number of benzene rings is 4.